The van der Waals surface area contributed by atoms with Crippen LogP contribution >= 0.6 is 0 Å². The third kappa shape index (κ3) is 4.29. The lowest BCUT2D eigenvalue weighted by atomic mass is 10.2. The highest BCUT2D eigenvalue weighted by molar-refractivity contribution is 5.81. The molecule has 0 fully saturated rings. The van der Waals surface area contributed by atoms with Crippen LogP contribution in [0.5, 0.6) is 0 Å². The van der Waals surface area contributed by atoms with E-state index >= 15 is 0 Å². The third-order valence-corrected chi connectivity index (χ3v) is 3.34. The van der Waals surface area contributed by atoms with Crippen LogP contribution in [0.4, 0.5) is 11.6 Å². The highest BCUT2D eigenvalue weighted by Crippen LogP contribution is 2.22. The van der Waals surface area contributed by atoms with E-state index in [9.17, 15) is 4.79 Å². The third-order valence-electron chi connectivity index (χ3n) is 3.34. The molecule has 0 unspecified atom stereocenters. The zero-order valence-electron chi connectivity index (χ0n) is 13.5. The van der Waals surface area contributed by atoms with Crippen LogP contribution in [-0.4, -0.2) is 40.4 Å². The van der Waals surface area contributed by atoms with Crippen LogP contribution in [-0.2, 0) is 4.79 Å². The Morgan fingerprint density at radius 1 is 1.24 bits per heavy atom. The molecule has 0 saturated heterocycles. The summed E-state index contributed by atoms with van der Waals surface area (Å²) in [7, 11) is 0. The Bertz CT molecular complexity index is 485. The van der Waals surface area contributed by atoms with Crippen molar-refractivity contribution >= 4 is 17.5 Å². The zero-order chi connectivity index (χ0) is 16.0. The Balaban J connectivity index is 2.92. The van der Waals surface area contributed by atoms with Gasteiger partial charge in [0.2, 0.25) is 5.91 Å². The number of aromatic nitrogens is 2. The van der Waals surface area contributed by atoms with Gasteiger partial charge >= 0.3 is 0 Å². The van der Waals surface area contributed by atoms with E-state index in [4.69, 9.17) is 5.84 Å². The molecule has 21 heavy (non-hydrogen) atoms. The normalized spacial score (nSPS) is 10.6. The Labute approximate surface area is 126 Å². The Morgan fingerprint density at radius 3 is 2.29 bits per heavy atom. The molecule has 0 spiro atoms. The first-order valence-corrected chi connectivity index (χ1v) is 7.31. The van der Waals surface area contributed by atoms with Gasteiger partial charge in [-0.3, -0.25) is 4.79 Å². The number of nitrogens with one attached hydrogen (secondary N) is 2. The second kappa shape index (κ2) is 7.78. The molecule has 0 aliphatic heterocycles. The predicted octanol–water partition coefficient (Wildman–Crippen LogP) is 1.47. The van der Waals surface area contributed by atoms with Gasteiger partial charge in [0.1, 0.15) is 17.5 Å². The molecule has 1 amide bonds. The second-order valence-electron chi connectivity index (χ2n) is 5.12. The van der Waals surface area contributed by atoms with Gasteiger partial charge in [-0.25, -0.2) is 15.8 Å². The lowest BCUT2D eigenvalue weighted by molar-refractivity contribution is -0.128. The van der Waals surface area contributed by atoms with Gasteiger partial charge < -0.3 is 15.6 Å². The number of nitrogen functional groups attached to an aromatic ring is 1. The molecule has 1 aromatic heterocycles. The predicted molar refractivity (Wildman–Crippen MR) is 85.1 cm³/mol. The fourth-order valence-corrected chi connectivity index (χ4v) is 1.95. The lowest BCUT2D eigenvalue weighted by Gasteiger charge is -2.20. The van der Waals surface area contributed by atoms with Crippen LogP contribution < -0.4 is 16.6 Å². The van der Waals surface area contributed by atoms with E-state index < -0.39 is 0 Å². The molecule has 0 aliphatic rings. The topological polar surface area (TPSA) is 96.2 Å². The zero-order valence-corrected chi connectivity index (χ0v) is 13.5. The smallest absolute Gasteiger partial charge is 0.241 e. The van der Waals surface area contributed by atoms with Gasteiger partial charge in [0.25, 0.3) is 0 Å². The minimum absolute atomic E-state index is 0.0476. The minimum Gasteiger partial charge on any atom is -0.361 e. The van der Waals surface area contributed by atoms with E-state index in [0.717, 1.165) is 5.56 Å². The minimum atomic E-state index is 0.0476. The largest absolute Gasteiger partial charge is 0.361 e. The van der Waals surface area contributed by atoms with Crippen molar-refractivity contribution in [1.29, 1.82) is 0 Å². The van der Waals surface area contributed by atoms with E-state index in [0.29, 0.717) is 30.5 Å². The van der Waals surface area contributed by atoms with Crippen molar-refractivity contribution in [3.63, 3.8) is 0 Å². The molecule has 7 heteroatoms. The van der Waals surface area contributed by atoms with E-state index in [2.05, 4.69) is 20.7 Å². The summed E-state index contributed by atoms with van der Waals surface area (Å²) in [6, 6.07) is 0. The van der Waals surface area contributed by atoms with Gasteiger partial charge in [0.15, 0.2) is 0 Å². The van der Waals surface area contributed by atoms with Crippen LogP contribution in [0.3, 0.4) is 0 Å². The van der Waals surface area contributed by atoms with Crippen molar-refractivity contribution in [2.24, 2.45) is 5.84 Å². The number of hydrogen-bond donors (Lipinski definition) is 3. The number of amides is 1. The Morgan fingerprint density at radius 2 is 1.81 bits per heavy atom. The summed E-state index contributed by atoms with van der Waals surface area (Å²) >= 11 is 0. The van der Waals surface area contributed by atoms with Gasteiger partial charge in [-0.05, 0) is 20.8 Å². The molecule has 0 atom stereocenters. The highest BCUT2D eigenvalue weighted by atomic mass is 16.2. The SMILES string of the molecule is CCN(CC)C(=O)CNc1nc(C(C)C)nc(NN)c1C. The van der Waals surface area contributed by atoms with Gasteiger partial charge in [0, 0.05) is 24.6 Å². The molecule has 0 aromatic carbocycles. The molecule has 0 radical (unpaired) electrons. The van der Waals surface area contributed by atoms with Crippen LogP contribution in [0.2, 0.25) is 0 Å². The summed E-state index contributed by atoms with van der Waals surface area (Å²) in [5.41, 5.74) is 3.38. The molecule has 4 N–H and O–H groups in total. The van der Waals surface area contributed by atoms with Crippen LogP contribution in [0.15, 0.2) is 0 Å². The molecule has 7 nitrogen and oxygen atoms in total. The van der Waals surface area contributed by atoms with Gasteiger partial charge in [-0.15, -0.1) is 0 Å². The summed E-state index contributed by atoms with van der Waals surface area (Å²) in [6.07, 6.45) is 0. The van der Waals surface area contributed by atoms with Crippen molar-refractivity contribution in [3.8, 4) is 0 Å². The maximum atomic E-state index is 12.0. The van der Waals surface area contributed by atoms with Crippen LogP contribution in [0.25, 0.3) is 0 Å². The number of carbonyl (C=O) groups excluding carboxylic acids is 1. The van der Waals surface area contributed by atoms with E-state index in [1.807, 2.05) is 34.6 Å². The summed E-state index contributed by atoms with van der Waals surface area (Å²) in [6.45, 7) is 11.4. The number of hydrogen-bond acceptors (Lipinski definition) is 6. The number of nitrogens with zero attached hydrogens (tertiary/aromatic N) is 3. The number of carbonyl (C=O) groups is 1. The van der Waals surface area contributed by atoms with E-state index in [1.165, 1.54) is 0 Å². The number of nitrogens with two attached hydrogens (primary N) is 1. The Hall–Kier alpha value is -1.89. The van der Waals surface area contributed by atoms with Crippen LogP contribution in [0, 0.1) is 6.92 Å². The first kappa shape index (κ1) is 17.2. The molecule has 0 saturated carbocycles. The van der Waals surface area contributed by atoms with E-state index in [1.54, 1.807) is 4.90 Å². The molecule has 0 bridgehead atoms. The van der Waals surface area contributed by atoms with Crippen LogP contribution in [0.1, 0.15) is 45.0 Å². The fraction of sp³-hybridized carbons (Fsp3) is 0.643. The van der Waals surface area contributed by atoms with Gasteiger partial charge in [0.05, 0.1) is 6.54 Å². The summed E-state index contributed by atoms with van der Waals surface area (Å²) in [5, 5.41) is 3.09. The summed E-state index contributed by atoms with van der Waals surface area (Å²) in [4.78, 5) is 22.7. The first-order chi connectivity index (χ1) is 9.94. The maximum Gasteiger partial charge on any atom is 0.241 e. The maximum absolute atomic E-state index is 12.0. The molecule has 1 rings (SSSR count). The Kier molecular flexibility index (Phi) is 6.36. The van der Waals surface area contributed by atoms with Crippen molar-refractivity contribution in [2.75, 3.05) is 30.4 Å². The van der Waals surface area contributed by atoms with Crippen molar-refractivity contribution in [2.45, 2.75) is 40.5 Å². The first-order valence-electron chi connectivity index (χ1n) is 7.31. The second-order valence-corrected chi connectivity index (χ2v) is 5.12. The summed E-state index contributed by atoms with van der Waals surface area (Å²) in [5.74, 6) is 7.62. The molecular weight excluding hydrogens is 268 g/mol. The summed E-state index contributed by atoms with van der Waals surface area (Å²) < 4.78 is 0. The highest BCUT2D eigenvalue weighted by Gasteiger charge is 2.14. The monoisotopic (exact) mass is 294 g/mol. The molecule has 1 heterocycles. The number of rotatable bonds is 7. The van der Waals surface area contributed by atoms with E-state index in [-0.39, 0.29) is 18.4 Å². The number of hydrazine groups is 1. The fourth-order valence-electron chi connectivity index (χ4n) is 1.95. The number of anilines is 2. The molecule has 0 aliphatic carbocycles. The average molecular weight is 294 g/mol. The molecular formula is C14H26N6O. The molecule has 118 valence electrons. The number of likely N-dealkylation sites (N-methyl/N-ethyl adjacent to an activating group) is 1. The van der Waals surface area contributed by atoms with Crippen molar-refractivity contribution in [3.05, 3.63) is 11.4 Å². The quantitative estimate of drug-likeness (QED) is 0.520. The van der Waals surface area contributed by atoms with Gasteiger partial charge in [-0.1, -0.05) is 13.8 Å². The lowest BCUT2D eigenvalue weighted by Crippen LogP contribution is -2.35. The van der Waals surface area contributed by atoms with Crippen molar-refractivity contribution in [1.82, 2.24) is 14.9 Å². The van der Waals surface area contributed by atoms with Gasteiger partial charge in [-0.2, -0.15) is 0 Å². The average Bonchev–Trinajstić information content (AvgIpc) is 2.47. The standard InChI is InChI=1S/C14H26N6O/c1-6-20(7-2)11(21)8-16-13-10(5)14(19-15)18-12(17-13)9(3)4/h9H,6-8,15H2,1-5H3,(H2,16,17,18,19). The van der Waals surface area contributed by atoms with Crippen molar-refractivity contribution < 1.29 is 4.79 Å². The molecule has 1 aromatic rings.